The molecule has 4 nitrogen and oxygen atoms in total. The van der Waals surface area contributed by atoms with Crippen LogP contribution in [0.25, 0.3) is 0 Å². The molecule has 1 N–H and O–H groups in total. The number of pyridine rings is 1. The lowest BCUT2D eigenvalue weighted by molar-refractivity contribution is -0.154. The van der Waals surface area contributed by atoms with Crippen LogP contribution in [-0.4, -0.2) is 23.7 Å². The number of nitrogens with zero attached hydrogens (tertiary/aromatic N) is 1. The van der Waals surface area contributed by atoms with Gasteiger partial charge in [0.15, 0.2) is 6.61 Å². The second-order valence-electron chi connectivity index (χ2n) is 4.34. The van der Waals surface area contributed by atoms with Crippen molar-refractivity contribution in [2.45, 2.75) is 6.18 Å². The van der Waals surface area contributed by atoms with Crippen LogP contribution in [0.1, 0.15) is 10.4 Å². The summed E-state index contributed by atoms with van der Waals surface area (Å²) in [5.74, 6) is -1.09. The standard InChI is InChI=1S/C14H9BrClF3N2O2/c15-8-3-4-11(10(16)6-8)21-12(22)9-2-1-5-20-13(9)23-7-14(17,18)19/h1-6H,7H2,(H,21,22). The van der Waals surface area contributed by atoms with E-state index in [1.54, 1.807) is 18.2 Å². The fraction of sp³-hybridized carbons (Fsp3) is 0.143. The van der Waals surface area contributed by atoms with Crippen molar-refractivity contribution in [1.82, 2.24) is 4.98 Å². The molecule has 0 saturated carbocycles. The molecule has 1 aromatic carbocycles. The van der Waals surface area contributed by atoms with Crippen LogP contribution in [0.3, 0.4) is 0 Å². The minimum Gasteiger partial charge on any atom is -0.467 e. The lowest BCUT2D eigenvalue weighted by Crippen LogP contribution is -2.22. The number of hydrogen-bond acceptors (Lipinski definition) is 3. The van der Waals surface area contributed by atoms with E-state index in [-0.39, 0.29) is 10.6 Å². The third-order valence-corrected chi connectivity index (χ3v) is 3.37. The number of rotatable bonds is 4. The lowest BCUT2D eigenvalue weighted by atomic mass is 10.2. The fourth-order valence-corrected chi connectivity index (χ4v) is 2.33. The summed E-state index contributed by atoms with van der Waals surface area (Å²) in [5.41, 5.74) is 0.182. The SMILES string of the molecule is O=C(Nc1ccc(Br)cc1Cl)c1cccnc1OCC(F)(F)F. The monoisotopic (exact) mass is 408 g/mol. The number of anilines is 1. The Balaban J connectivity index is 2.19. The van der Waals surface area contributed by atoms with E-state index in [1.165, 1.54) is 18.3 Å². The molecule has 0 saturated heterocycles. The maximum Gasteiger partial charge on any atom is 0.422 e. The molecule has 122 valence electrons. The highest BCUT2D eigenvalue weighted by Crippen LogP contribution is 2.27. The van der Waals surface area contributed by atoms with Crippen molar-refractivity contribution in [2.24, 2.45) is 0 Å². The molecule has 0 aliphatic rings. The second-order valence-corrected chi connectivity index (χ2v) is 5.66. The third kappa shape index (κ3) is 5.11. The summed E-state index contributed by atoms with van der Waals surface area (Å²) < 4.78 is 42.0. The highest BCUT2D eigenvalue weighted by atomic mass is 79.9. The summed E-state index contributed by atoms with van der Waals surface area (Å²) in [7, 11) is 0. The molecule has 0 radical (unpaired) electrons. The number of aromatic nitrogens is 1. The lowest BCUT2D eigenvalue weighted by Gasteiger charge is -2.12. The summed E-state index contributed by atoms with van der Waals surface area (Å²) in [6.45, 7) is -1.54. The van der Waals surface area contributed by atoms with Gasteiger partial charge >= 0.3 is 6.18 Å². The zero-order valence-corrected chi connectivity index (χ0v) is 13.7. The van der Waals surface area contributed by atoms with Gasteiger partial charge in [0.25, 0.3) is 5.91 Å². The van der Waals surface area contributed by atoms with Gasteiger partial charge in [-0.3, -0.25) is 4.79 Å². The molecule has 2 aromatic rings. The van der Waals surface area contributed by atoms with Crippen LogP contribution in [0.5, 0.6) is 5.88 Å². The summed E-state index contributed by atoms with van der Waals surface area (Å²) in [4.78, 5) is 15.9. The Labute approximate surface area is 142 Å². The Morgan fingerprint density at radius 3 is 2.74 bits per heavy atom. The number of benzene rings is 1. The topological polar surface area (TPSA) is 51.2 Å². The van der Waals surface area contributed by atoms with Gasteiger partial charge in [-0.05, 0) is 30.3 Å². The van der Waals surface area contributed by atoms with Gasteiger partial charge in [-0.15, -0.1) is 0 Å². The summed E-state index contributed by atoms with van der Waals surface area (Å²) in [6.07, 6.45) is -3.30. The molecule has 1 amide bonds. The number of halogens is 5. The maximum atomic E-state index is 12.2. The minimum atomic E-state index is -4.53. The third-order valence-electron chi connectivity index (χ3n) is 2.57. The Kier molecular flexibility index (Phi) is 5.48. The van der Waals surface area contributed by atoms with E-state index in [0.717, 1.165) is 4.47 Å². The van der Waals surface area contributed by atoms with E-state index in [4.69, 9.17) is 11.6 Å². The summed E-state index contributed by atoms with van der Waals surface area (Å²) in [5, 5.41) is 2.77. The number of amides is 1. The van der Waals surface area contributed by atoms with Gasteiger partial charge in [0.05, 0.1) is 10.7 Å². The molecule has 0 unspecified atom stereocenters. The second kappa shape index (κ2) is 7.18. The van der Waals surface area contributed by atoms with Crippen molar-refractivity contribution in [3.63, 3.8) is 0 Å². The van der Waals surface area contributed by atoms with Crippen LogP contribution in [-0.2, 0) is 0 Å². The predicted molar refractivity (Wildman–Crippen MR) is 82.9 cm³/mol. The van der Waals surface area contributed by atoms with E-state index in [1.807, 2.05) is 0 Å². The van der Waals surface area contributed by atoms with Crippen LogP contribution in [0.2, 0.25) is 5.02 Å². The normalized spacial score (nSPS) is 11.2. The zero-order valence-electron chi connectivity index (χ0n) is 11.3. The van der Waals surface area contributed by atoms with Crippen LogP contribution in [0.15, 0.2) is 41.0 Å². The molecule has 23 heavy (non-hydrogen) atoms. The van der Waals surface area contributed by atoms with Crippen LogP contribution in [0, 0.1) is 0 Å². The number of alkyl halides is 3. The Morgan fingerprint density at radius 1 is 1.35 bits per heavy atom. The van der Waals surface area contributed by atoms with Gasteiger partial charge in [-0.25, -0.2) is 4.98 Å². The van der Waals surface area contributed by atoms with Crippen molar-refractivity contribution in [3.05, 3.63) is 51.6 Å². The van der Waals surface area contributed by atoms with E-state index in [9.17, 15) is 18.0 Å². The summed E-state index contributed by atoms with van der Waals surface area (Å²) in [6, 6.07) is 7.50. The first-order valence-corrected chi connectivity index (χ1v) is 7.34. The average molecular weight is 410 g/mol. The molecule has 0 spiro atoms. The number of carbonyl (C=O) groups excluding carboxylic acids is 1. The molecule has 0 aliphatic heterocycles. The first-order chi connectivity index (χ1) is 10.8. The molecule has 0 aliphatic carbocycles. The quantitative estimate of drug-likeness (QED) is 0.797. The molecule has 0 fully saturated rings. The van der Waals surface area contributed by atoms with Gasteiger partial charge in [0.1, 0.15) is 5.56 Å². The molecular formula is C14H9BrClF3N2O2. The number of nitrogens with one attached hydrogen (secondary N) is 1. The number of carbonyl (C=O) groups is 1. The number of ether oxygens (including phenoxy) is 1. The van der Waals surface area contributed by atoms with Gasteiger partial charge in [-0.2, -0.15) is 13.2 Å². The highest BCUT2D eigenvalue weighted by Gasteiger charge is 2.29. The smallest absolute Gasteiger partial charge is 0.422 e. The van der Waals surface area contributed by atoms with Crippen molar-refractivity contribution in [2.75, 3.05) is 11.9 Å². The molecule has 1 heterocycles. The van der Waals surface area contributed by atoms with Crippen molar-refractivity contribution >= 4 is 39.1 Å². The molecule has 9 heteroatoms. The highest BCUT2D eigenvalue weighted by molar-refractivity contribution is 9.10. The predicted octanol–water partition coefficient (Wildman–Crippen LogP) is 4.69. The van der Waals surface area contributed by atoms with Crippen LogP contribution < -0.4 is 10.1 Å². The van der Waals surface area contributed by atoms with E-state index in [2.05, 4.69) is 31.0 Å². The molecule has 0 atom stereocenters. The molecule has 0 bridgehead atoms. The van der Waals surface area contributed by atoms with Gasteiger partial charge in [-0.1, -0.05) is 27.5 Å². The average Bonchev–Trinajstić information content (AvgIpc) is 2.47. The number of hydrogen-bond donors (Lipinski definition) is 1. The molecule has 1 aromatic heterocycles. The first kappa shape index (κ1) is 17.6. The Morgan fingerprint density at radius 2 is 2.09 bits per heavy atom. The van der Waals surface area contributed by atoms with Crippen LogP contribution in [0.4, 0.5) is 18.9 Å². The zero-order chi connectivity index (χ0) is 17.0. The van der Waals surface area contributed by atoms with Crippen LogP contribution >= 0.6 is 27.5 Å². The fourth-order valence-electron chi connectivity index (χ4n) is 1.61. The Bertz CT molecular complexity index is 725. The van der Waals surface area contributed by atoms with Gasteiger partial charge in [0, 0.05) is 10.7 Å². The van der Waals surface area contributed by atoms with Crippen molar-refractivity contribution in [3.8, 4) is 5.88 Å². The van der Waals surface area contributed by atoms with Gasteiger partial charge < -0.3 is 10.1 Å². The molecule has 2 rings (SSSR count). The van der Waals surface area contributed by atoms with Crippen molar-refractivity contribution in [1.29, 1.82) is 0 Å². The first-order valence-electron chi connectivity index (χ1n) is 6.17. The Hall–Kier alpha value is -1.80. The van der Waals surface area contributed by atoms with E-state index in [0.29, 0.717) is 5.69 Å². The van der Waals surface area contributed by atoms with Crippen molar-refractivity contribution < 1.29 is 22.7 Å². The minimum absolute atomic E-state index is 0.129. The largest absolute Gasteiger partial charge is 0.467 e. The van der Waals surface area contributed by atoms with E-state index >= 15 is 0 Å². The summed E-state index contributed by atoms with van der Waals surface area (Å²) >= 11 is 9.21. The van der Waals surface area contributed by atoms with Gasteiger partial charge in [0.2, 0.25) is 5.88 Å². The molecular weight excluding hydrogens is 401 g/mol. The maximum absolute atomic E-state index is 12.2. The van der Waals surface area contributed by atoms with E-state index < -0.39 is 24.6 Å².